The van der Waals surface area contributed by atoms with E-state index in [0.29, 0.717) is 44.4 Å². The normalized spacial score (nSPS) is 11.5. The van der Waals surface area contributed by atoms with Gasteiger partial charge < -0.3 is 8.83 Å². The van der Waals surface area contributed by atoms with E-state index in [1.54, 1.807) is 46.7 Å². The van der Waals surface area contributed by atoms with Crippen LogP contribution in [0.5, 0.6) is 0 Å². The number of hydrogen-bond donors (Lipinski definition) is 1. The molecule has 41 heavy (non-hydrogen) atoms. The van der Waals surface area contributed by atoms with Crippen molar-refractivity contribution in [3.8, 4) is 28.2 Å². The number of fused-ring (bicyclic) bond motifs is 2. The first-order valence-electron chi connectivity index (χ1n) is 12.6. The van der Waals surface area contributed by atoms with E-state index in [-0.39, 0.29) is 0 Å². The molecule has 7 aromatic rings. The minimum Gasteiger partial charge on any atom is -0.422 e. The Kier molecular flexibility index (Phi) is 6.06. The van der Waals surface area contributed by atoms with Gasteiger partial charge in [0.1, 0.15) is 16.9 Å². The largest absolute Gasteiger partial charge is 0.422 e. The van der Waals surface area contributed by atoms with Crippen LogP contribution in [-0.2, 0) is 0 Å². The van der Waals surface area contributed by atoms with Crippen molar-refractivity contribution in [2.24, 2.45) is 5.10 Å². The molecule has 9 nitrogen and oxygen atoms in total. The third-order valence-electron chi connectivity index (χ3n) is 6.45. The second kappa shape index (κ2) is 10.2. The Morgan fingerprint density at radius 1 is 0.805 bits per heavy atom. The quantitative estimate of drug-likeness (QED) is 0.144. The molecule has 10 heteroatoms. The first kappa shape index (κ1) is 24.4. The van der Waals surface area contributed by atoms with Crippen LogP contribution in [0, 0.1) is 0 Å². The number of rotatable bonds is 6. The summed E-state index contributed by atoms with van der Waals surface area (Å²) in [6.45, 7) is 0. The van der Waals surface area contributed by atoms with Crippen molar-refractivity contribution >= 4 is 44.6 Å². The zero-order valence-electron chi connectivity index (χ0n) is 21.2. The maximum Gasteiger partial charge on any atom is 0.345 e. The standard InChI is InChI=1S/C31H19N5O4S/c37-29-23(14-19-8-4-6-12-26(19)39-29)25-18-41-31(33-25)34-32-16-21-17-36(22-10-2-1-3-11-22)35-28(21)24-15-20-9-5-7-13-27(20)40-30(24)38/h1-18H,(H,33,34)/b32-16+. The summed E-state index contributed by atoms with van der Waals surface area (Å²) in [5.41, 5.74) is 5.99. The summed E-state index contributed by atoms with van der Waals surface area (Å²) in [6.07, 6.45) is 3.36. The van der Waals surface area contributed by atoms with Crippen molar-refractivity contribution in [3.63, 3.8) is 0 Å². The molecule has 0 bridgehead atoms. The molecule has 198 valence electrons. The SMILES string of the molecule is O=c1oc2ccccc2cc1-c1csc(N/N=C/c2cn(-c3ccccc3)nc2-c2cc3ccccc3oc2=O)n1. The Balaban J connectivity index is 1.22. The fourth-order valence-corrected chi connectivity index (χ4v) is 5.14. The number of aromatic nitrogens is 3. The van der Waals surface area contributed by atoms with Crippen molar-refractivity contribution in [1.82, 2.24) is 14.8 Å². The summed E-state index contributed by atoms with van der Waals surface area (Å²) in [5, 5.41) is 12.9. The van der Waals surface area contributed by atoms with Crippen molar-refractivity contribution in [2.75, 3.05) is 5.43 Å². The van der Waals surface area contributed by atoms with Crippen LogP contribution < -0.4 is 16.7 Å². The molecule has 0 aliphatic rings. The van der Waals surface area contributed by atoms with E-state index in [4.69, 9.17) is 13.9 Å². The Labute approximate surface area is 235 Å². The lowest BCUT2D eigenvalue weighted by molar-refractivity contribution is 0.563. The topological polar surface area (TPSA) is 116 Å². The van der Waals surface area contributed by atoms with E-state index in [9.17, 15) is 9.59 Å². The third-order valence-corrected chi connectivity index (χ3v) is 7.19. The molecule has 0 saturated carbocycles. The average molecular weight is 558 g/mol. The van der Waals surface area contributed by atoms with Crippen molar-refractivity contribution in [2.45, 2.75) is 0 Å². The molecule has 0 aliphatic carbocycles. The van der Waals surface area contributed by atoms with Gasteiger partial charge in [-0.2, -0.15) is 10.2 Å². The second-order valence-electron chi connectivity index (χ2n) is 9.09. The van der Waals surface area contributed by atoms with Crippen molar-refractivity contribution < 1.29 is 8.83 Å². The maximum atomic E-state index is 13.0. The zero-order chi connectivity index (χ0) is 27.8. The molecule has 0 atom stereocenters. The van der Waals surface area contributed by atoms with Gasteiger partial charge in [0.05, 0.1) is 28.7 Å². The first-order valence-corrected chi connectivity index (χ1v) is 13.5. The summed E-state index contributed by atoms with van der Waals surface area (Å²) in [7, 11) is 0. The van der Waals surface area contributed by atoms with E-state index in [2.05, 4.69) is 15.5 Å². The lowest BCUT2D eigenvalue weighted by Crippen LogP contribution is -2.05. The van der Waals surface area contributed by atoms with E-state index in [0.717, 1.165) is 16.5 Å². The monoisotopic (exact) mass is 557 g/mol. The summed E-state index contributed by atoms with van der Waals surface area (Å²) in [6, 6.07) is 27.7. The molecule has 3 aromatic carbocycles. The third kappa shape index (κ3) is 4.72. The smallest absolute Gasteiger partial charge is 0.345 e. The van der Waals surface area contributed by atoms with Crippen molar-refractivity contribution in [1.29, 1.82) is 0 Å². The molecular weight excluding hydrogens is 538 g/mol. The van der Waals surface area contributed by atoms with Crippen LogP contribution in [0.25, 0.3) is 50.1 Å². The molecule has 0 fully saturated rings. The molecule has 4 heterocycles. The average Bonchev–Trinajstić information content (AvgIpc) is 3.64. The summed E-state index contributed by atoms with van der Waals surface area (Å²) in [5.74, 6) is 0. The van der Waals surface area contributed by atoms with Gasteiger partial charge in [-0.3, -0.25) is 5.43 Å². The molecular formula is C31H19N5O4S. The van der Waals surface area contributed by atoms with Gasteiger partial charge in [-0.1, -0.05) is 54.6 Å². The molecule has 0 saturated heterocycles. The number of para-hydroxylation sites is 3. The van der Waals surface area contributed by atoms with Crippen LogP contribution in [0.3, 0.4) is 0 Å². The van der Waals surface area contributed by atoms with E-state index >= 15 is 0 Å². The lowest BCUT2D eigenvalue weighted by Gasteiger charge is -2.01. The number of benzene rings is 3. The molecule has 7 rings (SSSR count). The predicted molar refractivity (Wildman–Crippen MR) is 160 cm³/mol. The van der Waals surface area contributed by atoms with Crippen molar-refractivity contribution in [3.05, 3.63) is 129 Å². The molecule has 0 aliphatic heterocycles. The number of nitrogens with zero attached hydrogens (tertiary/aromatic N) is 4. The summed E-state index contributed by atoms with van der Waals surface area (Å²) < 4.78 is 12.7. The number of anilines is 1. The minimum atomic E-state index is -0.497. The zero-order valence-corrected chi connectivity index (χ0v) is 22.0. The fourth-order valence-electron chi connectivity index (χ4n) is 4.48. The fraction of sp³-hybridized carbons (Fsp3) is 0. The van der Waals surface area contributed by atoms with E-state index in [1.807, 2.05) is 66.7 Å². The van der Waals surface area contributed by atoms with Gasteiger partial charge in [-0.25, -0.2) is 19.3 Å². The van der Waals surface area contributed by atoms with E-state index < -0.39 is 11.3 Å². The van der Waals surface area contributed by atoms with Crippen LogP contribution in [-0.4, -0.2) is 21.0 Å². The van der Waals surface area contributed by atoms with E-state index in [1.165, 1.54) is 11.3 Å². The van der Waals surface area contributed by atoms with Crippen LogP contribution in [0.15, 0.2) is 126 Å². The van der Waals surface area contributed by atoms with Gasteiger partial charge in [0.25, 0.3) is 0 Å². The number of hydrazone groups is 1. The minimum absolute atomic E-state index is 0.319. The first-order chi connectivity index (χ1) is 20.1. The maximum absolute atomic E-state index is 13.0. The number of nitrogens with one attached hydrogen (secondary N) is 1. The second-order valence-corrected chi connectivity index (χ2v) is 9.95. The van der Waals surface area contributed by atoms with Gasteiger partial charge in [0.15, 0.2) is 0 Å². The van der Waals surface area contributed by atoms with Gasteiger partial charge in [0.2, 0.25) is 5.13 Å². The number of thiazole rings is 1. The molecule has 4 aromatic heterocycles. The molecule has 1 N–H and O–H groups in total. The van der Waals surface area contributed by atoms with Crippen LogP contribution >= 0.6 is 11.3 Å². The Morgan fingerprint density at radius 3 is 2.17 bits per heavy atom. The van der Waals surface area contributed by atoms with Crippen LogP contribution in [0.4, 0.5) is 5.13 Å². The molecule has 0 spiro atoms. The van der Waals surface area contributed by atoms with Gasteiger partial charge >= 0.3 is 11.3 Å². The number of hydrogen-bond acceptors (Lipinski definition) is 9. The Morgan fingerprint density at radius 2 is 1.44 bits per heavy atom. The highest BCUT2D eigenvalue weighted by Gasteiger charge is 2.17. The highest BCUT2D eigenvalue weighted by Crippen LogP contribution is 2.26. The molecule has 0 unspecified atom stereocenters. The summed E-state index contributed by atoms with van der Waals surface area (Å²) in [4.78, 5) is 30.0. The van der Waals surface area contributed by atoms with Gasteiger partial charge in [-0.05, 0) is 36.4 Å². The van der Waals surface area contributed by atoms with Gasteiger partial charge in [0, 0.05) is 27.9 Å². The van der Waals surface area contributed by atoms with Crippen LogP contribution in [0.2, 0.25) is 0 Å². The molecule has 0 radical (unpaired) electrons. The van der Waals surface area contributed by atoms with Gasteiger partial charge in [-0.15, -0.1) is 11.3 Å². The highest BCUT2D eigenvalue weighted by molar-refractivity contribution is 7.14. The van der Waals surface area contributed by atoms with Crippen LogP contribution in [0.1, 0.15) is 5.56 Å². The Bertz CT molecular complexity index is 2190. The lowest BCUT2D eigenvalue weighted by atomic mass is 10.1. The highest BCUT2D eigenvalue weighted by atomic mass is 32.1. The predicted octanol–water partition coefficient (Wildman–Crippen LogP) is 6.32. The molecule has 0 amide bonds. The summed E-state index contributed by atoms with van der Waals surface area (Å²) >= 11 is 1.30. The Hall–Kier alpha value is -5.61.